The van der Waals surface area contributed by atoms with Crippen LogP contribution in [0.15, 0.2) is 42.5 Å². The van der Waals surface area contributed by atoms with Crippen LogP contribution in [0.4, 0.5) is 4.39 Å². The summed E-state index contributed by atoms with van der Waals surface area (Å²) in [5.74, 6) is -0.891. The molecule has 0 aliphatic rings. The zero-order valence-electron chi connectivity index (χ0n) is 11.2. The van der Waals surface area contributed by atoms with E-state index in [0.29, 0.717) is 6.54 Å². The van der Waals surface area contributed by atoms with Crippen molar-refractivity contribution < 1.29 is 9.50 Å². The molecule has 0 radical (unpaired) electrons. The summed E-state index contributed by atoms with van der Waals surface area (Å²) in [5, 5.41) is 12.5. The number of hydrogen-bond donors (Lipinski definition) is 2. The number of benzene rings is 2. The second-order valence-electron chi connectivity index (χ2n) is 4.80. The lowest BCUT2D eigenvalue weighted by molar-refractivity contribution is 0.431. The largest absolute Gasteiger partial charge is 0.505 e. The highest BCUT2D eigenvalue weighted by Crippen LogP contribution is 2.18. The number of aryl methyl sites for hydroxylation is 1. The van der Waals surface area contributed by atoms with Gasteiger partial charge in [0.05, 0.1) is 0 Å². The molecule has 19 heavy (non-hydrogen) atoms. The minimum Gasteiger partial charge on any atom is -0.505 e. The molecule has 0 bridgehead atoms. The normalized spacial score (nSPS) is 12.4. The first kappa shape index (κ1) is 13.6. The molecule has 2 aromatic carbocycles. The fourth-order valence-electron chi connectivity index (χ4n) is 1.90. The van der Waals surface area contributed by atoms with Crippen LogP contribution in [0.1, 0.15) is 29.7 Å². The molecule has 0 aliphatic heterocycles. The molecule has 3 heteroatoms. The van der Waals surface area contributed by atoms with E-state index in [4.69, 9.17) is 5.11 Å². The molecule has 1 atom stereocenters. The molecule has 0 saturated carbocycles. The number of halogens is 1. The maximum Gasteiger partial charge on any atom is 0.165 e. The van der Waals surface area contributed by atoms with Crippen LogP contribution in [-0.2, 0) is 6.54 Å². The highest BCUT2D eigenvalue weighted by molar-refractivity contribution is 5.28. The number of phenols is 1. The summed E-state index contributed by atoms with van der Waals surface area (Å²) in [5.41, 5.74) is 3.25. The van der Waals surface area contributed by atoms with Crippen LogP contribution in [0.25, 0.3) is 0 Å². The molecule has 2 nitrogen and oxygen atoms in total. The summed E-state index contributed by atoms with van der Waals surface area (Å²) in [4.78, 5) is 0. The monoisotopic (exact) mass is 259 g/mol. The summed E-state index contributed by atoms with van der Waals surface area (Å²) < 4.78 is 13.2. The van der Waals surface area contributed by atoms with Crippen LogP contribution in [0.5, 0.6) is 5.75 Å². The van der Waals surface area contributed by atoms with Crippen molar-refractivity contribution in [2.45, 2.75) is 26.4 Å². The minimum atomic E-state index is -0.581. The van der Waals surface area contributed by atoms with Crippen LogP contribution in [0.2, 0.25) is 0 Å². The summed E-state index contributed by atoms with van der Waals surface area (Å²) in [6, 6.07) is 13.0. The molecule has 2 N–H and O–H groups in total. The van der Waals surface area contributed by atoms with Crippen LogP contribution in [-0.4, -0.2) is 5.11 Å². The maximum absolute atomic E-state index is 13.2. The Kier molecular flexibility index (Phi) is 4.17. The average Bonchev–Trinajstić information content (AvgIpc) is 2.40. The number of aromatic hydroxyl groups is 1. The average molecular weight is 259 g/mol. The lowest BCUT2D eigenvalue weighted by Crippen LogP contribution is -2.18. The summed E-state index contributed by atoms with van der Waals surface area (Å²) in [6.45, 7) is 4.69. The summed E-state index contributed by atoms with van der Waals surface area (Å²) in [6.07, 6.45) is 0. The van der Waals surface area contributed by atoms with E-state index in [9.17, 15) is 4.39 Å². The fourth-order valence-corrected chi connectivity index (χ4v) is 1.90. The summed E-state index contributed by atoms with van der Waals surface area (Å²) >= 11 is 0. The predicted molar refractivity (Wildman–Crippen MR) is 74.5 cm³/mol. The Morgan fingerprint density at radius 1 is 1.16 bits per heavy atom. The van der Waals surface area contributed by atoms with Gasteiger partial charge in [-0.1, -0.05) is 35.9 Å². The Morgan fingerprint density at radius 2 is 1.84 bits per heavy atom. The molecule has 0 heterocycles. The lowest BCUT2D eigenvalue weighted by Gasteiger charge is -2.14. The second-order valence-corrected chi connectivity index (χ2v) is 4.80. The van der Waals surface area contributed by atoms with Crippen molar-refractivity contribution in [2.75, 3.05) is 0 Å². The van der Waals surface area contributed by atoms with E-state index in [2.05, 4.69) is 43.4 Å². The topological polar surface area (TPSA) is 32.3 Å². The Balaban J connectivity index is 1.98. The van der Waals surface area contributed by atoms with Crippen LogP contribution in [0, 0.1) is 12.7 Å². The smallest absolute Gasteiger partial charge is 0.165 e. The van der Waals surface area contributed by atoms with Gasteiger partial charge in [-0.2, -0.15) is 0 Å². The number of phenolic OH excluding ortho intramolecular Hbond substituents is 1. The summed E-state index contributed by atoms with van der Waals surface area (Å²) in [7, 11) is 0. The molecule has 1 unspecified atom stereocenters. The molecule has 0 amide bonds. The molecule has 0 aliphatic carbocycles. The molecular weight excluding hydrogens is 241 g/mol. The number of nitrogens with one attached hydrogen (secondary N) is 1. The third-order valence-corrected chi connectivity index (χ3v) is 3.20. The third-order valence-electron chi connectivity index (χ3n) is 3.20. The van der Waals surface area contributed by atoms with E-state index >= 15 is 0 Å². The first-order valence-corrected chi connectivity index (χ1v) is 6.33. The van der Waals surface area contributed by atoms with Crippen molar-refractivity contribution >= 4 is 0 Å². The molecule has 0 saturated heterocycles. The van der Waals surface area contributed by atoms with Gasteiger partial charge < -0.3 is 10.4 Å². The van der Waals surface area contributed by atoms with Crippen molar-refractivity contribution in [3.05, 3.63) is 65.0 Å². The first-order chi connectivity index (χ1) is 9.06. The van der Waals surface area contributed by atoms with Crippen molar-refractivity contribution in [3.63, 3.8) is 0 Å². The standard InChI is InChI=1S/C16H18FNO/c1-11-3-6-14(7-4-11)12(2)18-10-13-5-8-16(19)15(17)9-13/h3-9,12,18-19H,10H2,1-2H3. The SMILES string of the molecule is Cc1ccc(C(C)NCc2ccc(O)c(F)c2)cc1. The molecule has 0 spiro atoms. The van der Waals surface area contributed by atoms with Gasteiger partial charge in [-0.15, -0.1) is 0 Å². The van der Waals surface area contributed by atoms with Gasteiger partial charge in [0, 0.05) is 12.6 Å². The molecule has 2 aromatic rings. The van der Waals surface area contributed by atoms with E-state index in [1.165, 1.54) is 23.3 Å². The van der Waals surface area contributed by atoms with Gasteiger partial charge in [0.15, 0.2) is 11.6 Å². The Labute approximate surface area is 112 Å². The van der Waals surface area contributed by atoms with Crippen molar-refractivity contribution in [1.29, 1.82) is 0 Å². The molecule has 2 rings (SSSR count). The zero-order valence-corrected chi connectivity index (χ0v) is 11.2. The maximum atomic E-state index is 13.2. The van der Waals surface area contributed by atoms with Gasteiger partial charge in [0.25, 0.3) is 0 Å². The van der Waals surface area contributed by atoms with Crippen LogP contribution >= 0.6 is 0 Å². The Bertz CT molecular complexity index is 551. The van der Waals surface area contributed by atoms with Gasteiger partial charge in [-0.05, 0) is 37.1 Å². The number of rotatable bonds is 4. The van der Waals surface area contributed by atoms with E-state index in [0.717, 1.165) is 5.56 Å². The Morgan fingerprint density at radius 3 is 2.47 bits per heavy atom. The lowest BCUT2D eigenvalue weighted by atomic mass is 10.1. The predicted octanol–water partition coefficient (Wildman–Crippen LogP) is 3.69. The van der Waals surface area contributed by atoms with Crippen molar-refractivity contribution in [1.82, 2.24) is 5.32 Å². The third kappa shape index (κ3) is 3.55. The van der Waals surface area contributed by atoms with Gasteiger partial charge in [0.1, 0.15) is 0 Å². The fraction of sp³-hybridized carbons (Fsp3) is 0.250. The number of hydrogen-bond acceptors (Lipinski definition) is 2. The quantitative estimate of drug-likeness (QED) is 0.877. The van der Waals surface area contributed by atoms with Gasteiger partial charge >= 0.3 is 0 Å². The minimum absolute atomic E-state index is 0.192. The van der Waals surface area contributed by atoms with Gasteiger partial charge in [-0.3, -0.25) is 0 Å². The molecule has 100 valence electrons. The van der Waals surface area contributed by atoms with Crippen molar-refractivity contribution in [2.24, 2.45) is 0 Å². The van der Waals surface area contributed by atoms with Gasteiger partial charge in [-0.25, -0.2) is 4.39 Å². The van der Waals surface area contributed by atoms with Crippen molar-refractivity contribution in [3.8, 4) is 5.75 Å². The van der Waals surface area contributed by atoms with Gasteiger partial charge in [0.2, 0.25) is 0 Å². The second kappa shape index (κ2) is 5.85. The highest BCUT2D eigenvalue weighted by atomic mass is 19.1. The zero-order chi connectivity index (χ0) is 13.8. The van der Waals surface area contributed by atoms with Crippen LogP contribution < -0.4 is 5.32 Å². The highest BCUT2D eigenvalue weighted by Gasteiger charge is 2.06. The van der Waals surface area contributed by atoms with E-state index in [-0.39, 0.29) is 11.8 Å². The molecule has 0 aromatic heterocycles. The van der Waals surface area contributed by atoms with E-state index in [1.807, 2.05) is 0 Å². The Hall–Kier alpha value is -1.87. The van der Waals surface area contributed by atoms with E-state index in [1.54, 1.807) is 6.07 Å². The molecule has 0 fully saturated rings. The molecular formula is C16H18FNO. The van der Waals surface area contributed by atoms with E-state index < -0.39 is 5.82 Å². The first-order valence-electron chi connectivity index (χ1n) is 6.33. The van der Waals surface area contributed by atoms with Crippen LogP contribution in [0.3, 0.4) is 0 Å².